The van der Waals surface area contributed by atoms with Crippen molar-refractivity contribution in [3.05, 3.63) is 127 Å². The fraction of sp³-hybridized carbons (Fsp3) is 0.0690. The van der Waals surface area contributed by atoms with Crippen molar-refractivity contribution in [1.29, 1.82) is 0 Å². The van der Waals surface area contributed by atoms with Gasteiger partial charge in [0, 0.05) is 12.1 Å². The molecule has 0 spiro atoms. The summed E-state index contributed by atoms with van der Waals surface area (Å²) in [7, 11) is 0. The van der Waals surface area contributed by atoms with Crippen LogP contribution < -0.4 is 9.64 Å². The maximum absolute atomic E-state index is 13.0. The van der Waals surface area contributed by atoms with E-state index < -0.39 is 22.7 Å². The van der Waals surface area contributed by atoms with Crippen molar-refractivity contribution in [3.63, 3.8) is 0 Å². The molecule has 200 valence electrons. The summed E-state index contributed by atoms with van der Waals surface area (Å²) >= 11 is 12.1. The molecule has 0 atom stereocenters. The van der Waals surface area contributed by atoms with Gasteiger partial charge in [0.25, 0.3) is 17.5 Å². The second-order valence-corrected chi connectivity index (χ2v) is 9.65. The number of halogens is 2. The van der Waals surface area contributed by atoms with Crippen molar-refractivity contribution in [2.45, 2.75) is 13.5 Å². The number of carbonyl (C=O) groups excluding carboxylic acids is 3. The zero-order chi connectivity index (χ0) is 28.6. The van der Waals surface area contributed by atoms with E-state index >= 15 is 0 Å². The van der Waals surface area contributed by atoms with E-state index in [1.54, 1.807) is 43.3 Å². The Balaban J connectivity index is 1.26. The van der Waals surface area contributed by atoms with E-state index in [0.29, 0.717) is 22.6 Å². The second kappa shape index (κ2) is 10.8. The van der Waals surface area contributed by atoms with Gasteiger partial charge in [0.2, 0.25) is 0 Å². The quantitative estimate of drug-likeness (QED) is 0.0991. The number of hydrogen-bond donors (Lipinski definition) is 0. The summed E-state index contributed by atoms with van der Waals surface area (Å²) in [6.45, 7) is 1.68. The molecule has 4 aromatic rings. The predicted molar refractivity (Wildman–Crippen MR) is 148 cm³/mol. The highest BCUT2D eigenvalue weighted by molar-refractivity contribution is 6.44. The molecule has 1 aliphatic heterocycles. The van der Waals surface area contributed by atoms with E-state index in [1.807, 2.05) is 0 Å². The molecular formula is C29H18Cl2N2O7. The summed E-state index contributed by atoms with van der Waals surface area (Å²) < 4.78 is 11.1. The average Bonchev–Trinajstić information content (AvgIpc) is 3.17. The number of imide groups is 1. The largest absolute Gasteiger partial charge is 0.457 e. The molecule has 0 bridgehead atoms. The number of nitrogens with zero attached hydrogens (tertiary/aromatic N) is 2. The fourth-order valence-corrected chi connectivity index (χ4v) is 4.42. The number of nitro benzene ring substituents is 1. The Labute approximate surface area is 237 Å². The van der Waals surface area contributed by atoms with Crippen LogP contribution in [-0.2, 0) is 11.3 Å². The number of carbonyl (C=O) groups is 3. The van der Waals surface area contributed by atoms with Crippen molar-refractivity contribution in [2.75, 3.05) is 4.90 Å². The average molecular weight is 577 g/mol. The maximum Gasteiger partial charge on any atom is 0.338 e. The number of benzene rings is 4. The van der Waals surface area contributed by atoms with Crippen molar-refractivity contribution in [3.8, 4) is 11.5 Å². The fourth-order valence-electron chi connectivity index (χ4n) is 4.09. The lowest BCUT2D eigenvalue weighted by Gasteiger charge is -2.17. The van der Waals surface area contributed by atoms with Crippen molar-refractivity contribution >= 4 is 52.4 Å². The van der Waals surface area contributed by atoms with Gasteiger partial charge in [-0.05, 0) is 66.6 Å². The smallest absolute Gasteiger partial charge is 0.338 e. The molecule has 0 fully saturated rings. The first-order chi connectivity index (χ1) is 19.1. The number of esters is 1. The third-order valence-electron chi connectivity index (χ3n) is 6.19. The number of non-ortho nitro benzene ring substituents is 1. The van der Waals surface area contributed by atoms with E-state index in [9.17, 15) is 24.5 Å². The molecule has 0 N–H and O–H groups in total. The molecular weight excluding hydrogens is 559 g/mol. The van der Waals surface area contributed by atoms with Gasteiger partial charge in [0.15, 0.2) is 0 Å². The summed E-state index contributed by atoms with van der Waals surface area (Å²) in [4.78, 5) is 50.2. The Hall–Kier alpha value is -4.73. The summed E-state index contributed by atoms with van der Waals surface area (Å²) in [5.41, 5.74) is 1.93. The van der Waals surface area contributed by atoms with Crippen LogP contribution in [0.25, 0.3) is 0 Å². The number of nitro groups is 1. The number of rotatable bonds is 7. The molecule has 5 rings (SSSR count). The summed E-state index contributed by atoms with van der Waals surface area (Å²) in [6, 6.07) is 19.8. The number of anilines is 1. The summed E-state index contributed by atoms with van der Waals surface area (Å²) in [6.07, 6.45) is 0. The molecule has 0 aliphatic carbocycles. The highest BCUT2D eigenvalue weighted by atomic mass is 35.5. The molecule has 0 aromatic heterocycles. The van der Waals surface area contributed by atoms with Crippen LogP contribution in [0.15, 0.2) is 78.9 Å². The maximum atomic E-state index is 13.0. The number of aryl methyl sites for hydroxylation is 1. The number of fused-ring (bicyclic) bond motifs is 1. The zero-order valence-corrected chi connectivity index (χ0v) is 22.2. The molecule has 9 nitrogen and oxygen atoms in total. The third kappa shape index (κ3) is 5.25. The highest BCUT2D eigenvalue weighted by Crippen LogP contribution is 2.35. The van der Waals surface area contributed by atoms with Gasteiger partial charge in [-0.15, -0.1) is 0 Å². The Morgan fingerprint density at radius 2 is 1.40 bits per heavy atom. The molecule has 1 heterocycles. The molecule has 1 aliphatic rings. The van der Waals surface area contributed by atoms with Crippen LogP contribution in [0.5, 0.6) is 11.5 Å². The van der Waals surface area contributed by atoms with Crippen molar-refractivity contribution in [2.24, 2.45) is 0 Å². The van der Waals surface area contributed by atoms with Gasteiger partial charge in [0.1, 0.15) is 18.1 Å². The van der Waals surface area contributed by atoms with Gasteiger partial charge >= 0.3 is 5.97 Å². The van der Waals surface area contributed by atoms with Crippen molar-refractivity contribution in [1.82, 2.24) is 0 Å². The summed E-state index contributed by atoms with van der Waals surface area (Å²) in [5, 5.41) is 11.1. The van der Waals surface area contributed by atoms with E-state index in [2.05, 4.69) is 0 Å². The number of ether oxygens (including phenoxy) is 2. The molecule has 0 saturated carbocycles. The highest BCUT2D eigenvalue weighted by Gasteiger charge is 2.38. The van der Waals surface area contributed by atoms with Crippen LogP contribution in [-0.4, -0.2) is 22.7 Å². The van der Waals surface area contributed by atoms with Gasteiger partial charge in [-0.2, -0.15) is 0 Å². The van der Waals surface area contributed by atoms with Crippen LogP contribution in [0, 0.1) is 17.0 Å². The van der Waals surface area contributed by atoms with Gasteiger partial charge in [-0.1, -0.05) is 41.4 Å². The summed E-state index contributed by atoms with van der Waals surface area (Å²) in [5.74, 6) is -0.846. The molecule has 4 aromatic carbocycles. The minimum absolute atomic E-state index is 0.0378. The van der Waals surface area contributed by atoms with Crippen LogP contribution in [0.2, 0.25) is 10.0 Å². The van der Waals surface area contributed by atoms with E-state index in [4.69, 9.17) is 32.7 Å². The Morgan fingerprint density at radius 1 is 0.850 bits per heavy atom. The Morgan fingerprint density at radius 3 is 1.95 bits per heavy atom. The molecule has 40 heavy (non-hydrogen) atoms. The first-order valence-corrected chi connectivity index (χ1v) is 12.5. The predicted octanol–water partition coefficient (Wildman–Crippen LogP) is 7.16. The SMILES string of the molecule is Cc1ccc(C(=O)OCc2ccc(Oc3ccc([N+](=O)[O-])cc3)cc2)cc1N1C(=O)c2cc(Cl)c(Cl)cc2C1=O. The zero-order valence-electron chi connectivity index (χ0n) is 20.7. The van der Waals surface area contributed by atoms with E-state index in [-0.39, 0.29) is 44.7 Å². The standard InChI is InChI=1S/C29H18Cl2N2O7/c1-16-2-5-18(12-26(16)32-27(34)22-13-24(30)25(31)14-23(22)28(32)35)29(36)39-15-17-3-8-20(9-4-17)40-21-10-6-19(7-11-21)33(37)38/h2-14H,15H2,1H3. The molecule has 2 amide bonds. The minimum Gasteiger partial charge on any atom is -0.457 e. The van der Waals surface area contributed by atoms with Gasteiger partial charge in [-0.25, -0.2) is 9.69 Å². The molecule has 0 radical (unpaired) electrons. The molecule has 11 heteroatoms. The molecule has 0 unspecified atom stereocenters. The van der Waals surface area contributed by atoms with Crippen LogP contribution in [0.1, 0.15) is 42.2 Å². The monoisotopic (exact) mass is 576 g/mol. The number of hydrogen-bond acceptors (Lipinski definition) is 7. The van der Waals surface area contributed by atoms with Crippen LogP contribution >= 0.6 is 23.2 Å². The second-order valence-electron chi connectivity index (χ2n) is 8.83. The van der Waals surface area contributed by atoms with Gasteiger partial charge < -0.3 is 9.47 Å². The Bertz CT molecular complexity index is 1650. The van der Waals surface area contributed by atoms with E-state index in [1.165, 1.54) is 42.5 Å². The third-order valence-corrected chi connectivity index (χ3v) is 6.91. The topological polar surface area (TPSA) is 116 Å². The van der Waals surface area contributed by atoms with Crippen LogP contribution in [0.4, 0.5) is 11.4 Å². The lowest BCUT2D eigenvalue weighted by Crippen LogP contribution is -2.30. The van der Waals surface area contributed by atoms with Crippen LogP contribution in [0.3, 0.4) is 0 Å². The minimum atomic E-state index is -0.643. The first-order valence-electron chi connectivity index (χ1n) is 11.8. The first kappa shape index (κ1) is 26.9. The van der Waals surface area contributed by atoms with Gasteiger partial charge in [0.05, 0.1) is 37.3 Å². The number of amides is 2. The van der Waals surface area contributed by atoms with Gasteiger partial charge in [-0.3, -0.25) is 19.7 Å². The Kier molecular flexibility index (Phi) is 7.25. The van der Waals surface area contributed by atoms with Crippen molar-refractivity contribution < 1.29 is 28.8 Å². The normalized spacial score (nSPS) is 12.3. The lowest BCUT2D eigenvalue weighted by atomic mass is 10.1. The lowest BCUT2D eigenvalue weighted by molar-refractivity contribution is -0.384. The van der Waals surface area contributed by atoms with E-state index in [0.717, 1.165) is 4.90 Å². The molecule has 0 saturated heterocycles.